The number of aliphatic hydroxyl groups excluding tert-OH is 1. The lowest BCUT2D eigenvalue weighted by atomic mass is 10.0. The summed E-state index contributed by atoms with van der Waals surface area (Å²) in [5, 5.41) is 11.0. The lowest BCUT2D eigenvalue weighted by molar-refractivity contribution is -0.140. The van der Waals surface area contributed by atoms with Gasteiger partial charge in [-0.15, -0.1) is 0 Å². The largest absolute Gasteiger partial charge is 0.505 e. The average Bonchev–Trinajstić information content (AvgIpc) is 2.66. The predicted molar refractivity (Wildman–Crippen MR) is 97.7 cm³/mol. The van der Waals surface area contributed by atoms with Crippen molar-refractivity contribution in [2.75, 3.05) is 13.7 Å². The number of sulfonamides is 1. The second-order valence-corrected chi connectivity index (χ2v) is 7.89. The van der Waals surface area contributed by atoms with Gasteiger partial charge in [0.05, 0.1) is 12.0 Å². The van der Waals surface area contributed by atoms with Crippen molar-refractivity contribution in [1.29, 1.82) is 0 Å². The molecule has 0 fully saturated rings. The molecular weight excluding hydrogens is 394 g/mol. The van der Waals surface area contributed by atoms with Gasteiger partial charge in [0.1, 0.15) is 12.2 Å². The molecule has 7 nitrogen and oxygen atoms in total. The second kappa shape index (κ2) is 7.05. The van der Waals surface area contributed by atoms with Gasteiger partial charge in [-0.1, -0.05) is 35.9 Å². The Bertz CT molecular complexity index is 1080. The van der Waals surface area contributed by atoms with Gasteiger partial charge in [0.2, 0.25) is 5.78 Å². The van der Waals surface area contributed by atoms with Crippen molar-refractivity contribution in [3.05, 3.63) is 70.4 Å². The number of benzene rings is 2. The molecule has 1 N–H and O–H groups in total. The zero-order valence-corrected chi connectivity index (χ0v) is 15.6. The monoisotopic (exact) mass is 407 g/mol. The van der Waals surface area contributed by atoms with Crippen LogP contribution in [0.2, 0.25) is 5.02 Å². The Morgan fingerprint density at radius 2 is 1.89 bits per heavy atom. The standard InChI is InChI=1S/C18H14ClNO6S/c1-26-15(21)10-20-16(17(22)11-5-4-6-12(19)9-11)18(23)13-7-2-3-8-14(13)27(20,24)25/h2-9,22H,10H2,1H3/b17-16+. The van der Waals surface area contributed by atoms with E-state index in [9.17, 15) is 23.1 Å². The van der Waals surface area contributed by atoms with Gasteiger partial charge in [0.25, 0.3) is 10.0 Å². The first kappa shape index (κ1) is 18.9. The third-order valence-corrected chi connectivity index (χ3v) is 6.03. The van der Waals surface area contributed by atoms with Crippen molar-refractivity contribution >= 4 is 39.1 Å². The van der Waals surface area contributed by atoms with Crippen LogP contribution in [0.1, 0.15) is 15.9 Å². The maximum absolute atomic E-state index is 13.0. The van der Waals surface area contributed by atoms with Gasteiger partial charge >= 0.3 is 5.97 Å². The summed E-state index contributed by atoms with van der Waals surface area (Å²) < 4.78 is 31.1. The number of carbonyl (C=O) groups excluding carboxylic acids is 2. The Hall–Kier alpha value is -2.84. The molecule has 140 valence electrons. The molecule has 1 aliphatic rings. The zero-order chi connectivity index (χ0) is 19.8. The van der Waals surface area contributed by atoms with Crippen LogP contribution in [0.25, 0.3) is 5.76 Å². The number of carbonyl (C=O) groups is 2. The van der Waals surface area contributed by atoms with Gasteiger partial charge in [-0.2, -0.15) is 0 Å². The van der Waals surface area contributed by atoms with Crippen LogP contribution in [-0.4, -0.2) is 43.2 Å². The molecule has 0 spiro atoms. The summed E-state index contributed by atoms with van der Waals surface area (Å²) in [6.45, 7) is -0.765. The SMILES string of the molecule is COC(=O)CN1/C(=C(/O)c2cccc(Cl)c2)C(=O)c2ccccc2S1(=O)=O. The van der Waals surface area contributed by atoms with Gasteiger partial charge in [0.15, 0.2) is 5.76 Å². The number of aliphatic hydroxyl groups is 1. The van der Waals surface area contributed by atoms with Gasteiger partial charge in [0, 0.05) is 16.1 Å². The molecule has 0 aliphatic carbocycles. The topological polar surface area (TPSA) is 101 Å². The first-order valence-corrected chi connectivity index (χ1v) is 9.51. The van der Waals surface area contributed by atoms with Gasteiger partial charge < -0.3 is 9.84 Å². The number of esters is 1. The number of rotatable bonds is 3. The number of methoxy groups -OCH3 is 1. The Balaban J connectivity index is 2.31. The molecule has 1 aliphatic heterocycles. The van der Waals surface area contributed by atoms with E-state index in [1.165, 1.54) is 42.5 Å². The molecule has 0 saturated carbocycles. The number of fused-ring (bicyclic) bond motifs is 1. The quantitative estimate of drug-likeness (QED) is 0.477. The van der Waals surface area contributed by atoms with Crippen molar-refractivity contribution < 1.29 is 27.9 Å². The van der Waals surface area contributed by atoms with Crippen LogP contribution in [0, 0.1) is 0 Å². The lowest BCUT2D eigenvalue weighted by Gasteiger charge is -2.30. The van der Waals surface area contributed by atoms with Crippen molar-refractivity contribution in [3.63, 3.8) is 0 Å². The minimum absolute atomic E-state index is 0.0952. The van der Waals surface area contributed by atoms with E-state index in [0.29, 0.717) is 4.31 Å². The van der Waals surface area contributed by atoms with Crippen LogP contribution in [0.4, 0.5) is 0 Å². The van der Waals surface area contributed by atoms with Crippen LogP contribution in [-0.2, 0) is 19.6 Å². The van der Waals surface area contributed by atoms with Crippen LogP contribution < -0.4 is 0 Å². The normalized spacial score (nSPS) is 17.3. The third-order valence-electron chi connectivity index (χ3n) is 3.99. The molecule has 0 aromatic heterocycles. The molecule has 3 rings (SSSR count). The van der Waals surface area contributed by atoms with E-state index in [4.69, 9.17) is 11.6 Å². The van der Waals surface area contributed by atoms with Crippen LogP contribution >= 0.6 is 11.6 Å². The summed E-state index contributed by atoms with van der Waals surface area (Å²) in [7, 11) is -3.18. The van der Waals surface area contributed by atoms with Gasteiger partial charge in [-0.3, -0.25) is 9.59 Å². The van der Waals surface area contributed by atoms with E-state index in [2.05, 4.69) is 4.74 Å². The van der Waals surface area contributed by atoms with Crippen molar-refractivity contribution in [1.82, 2.24) is 4.31 Å². The van der Waals surface area contributed by atoms with E-state index in [0.717, 1.165) is 7.11 Å². The molecule has 1 heterocycles. The highest BCUT2D eigenvalue weighted by atomic mass is 35.5. The number of hydrogen-bond donors (Lipinski definition) is 1. The number of allylic oxidation sites excluding steroid dienone is 1. The fraction of sp³-hybridized carbons (Fsp3) is 0.111. The Morgan fingerprint density at radius 3 is 2.56 bits per heavy atom. The molecule has 9 heteroatoms. The lowest BCUT2D eigenvalue weighted by Crippen LogP contribution is -2.42. The first-order valence-electron chi connectivity index (χ1n) is 7.70. The smallest absolute Gasteiger partial charge is 0.326 e. The minimum Gasteiger partial charge on any atom is -0.505 e. The molecule has 0 unspecified atom stereocenters. The summed E-state index contributed by atoms with van der Waals surface area (Å²) in [5.74, 6) is -2.23. The number of ether oxygens (including phenoxy) is 1. The fourth-order valence-electron chi connectivity index (χ4n) is 2.70. The second-order valence-electron chi connectivity index (χ2n) is 5.62. The number of Topliss-reactive ketones (excluding diaryl/α,β-unsaturated/α-hetero) is 1. The summed E-state index contributed by atoms with van der Waals surface area (Å²) in [5.41, 5.74) is -0.501. The van der Waals surface area contributed by atoms with E-state index < -0.39 is 39.8 Å². The van der Waals surface area contributed by atoms with Crippen molar-refractivity contribution in [3.8, 4) is 0 Å². The van der Waals surface area contributed by atoms with E-state index in [1.54, 1.807) is 6.07 Å². The maximum Gasteiger partial charge on any atom is 0.326 e. The minimum atomic E-state index is -4.27. The highest BCUT2D eigenvalue weighted by Crippen LogP contribution is 2.35. The Labute approximate surface area is 160 Å². The van der Waals surface area contributed by atoms with Crippen LogP contribution in [0.15, 0.2) is 59.1 Å². The summed E-state index contributed by atoms with van der Waals surface area (Å²) in [6.07, 6.45) is 0. The predicted octanol–water partition coefficient (Wildman–Crippen LogP) is 2.63. The third kappa shape index (κ3) is 3.29. The average molecular weight is 408 g/mol. The van der Waals surface area contributed by atoms with Gasteiger partial charge in [-0.25, -0.2) is 12.7 Å². The number of hydrogen-bond acceptors (Lipinski definition) is 6. The molecule has 2 aromatic carbocycles. The molecule has 0 bridgehead atoms. The van der Waals surface area contributed by atoms with Crippen molar-refractivity contribution in [2.45, 2.75) is 4.90 Å². The summed E-state index contributed by atoms with van der Waals surface area (Å²) in [4.78, 5) is 24.5. The van der Waals surface area contributed by atoms with E-state index >= 15 is 0 Å². The first-order chi connectivity index (χ1) is 12.8. The molecule has 0 amide bonds. The zero-order valence-electron chi connectivity index (χ0n) is 14.0. The van der Waals surface area contributed by atoms with E-state index in [-0.39, 0.29) is 21.0 Å². The molecule has 2 aromatic rings. The summed E-state index contributed by atoms with van der Waals surface area (Å²) in [6, 6.07) is 11.5. The Kier molecular flexibility index (Phi) is 4.95. The van der Waals surface area contributed by atoms with Crippen LogP contribution in [0.3, 0.4) is 0 Å². The van der Waals surface area contributed by atoms with Crippen LogP contribution in [0.5, 0.6) is 0 Å². The fourth-order valence-corrected chi connectivity index (χ4v) is 4.50. The number of halogens is 1. The maximum atomic E-state index is 13.0. The van der Waals surface area contributed by atoms with Crippen molar-refractivity contribution in [2.24, 2.45) is 0 Å². The number of nitrogens with zero attached hydrogens (tertiary/aromatic N) is 1. The Morgan fingerprint density at radius 1 is 1.19 bits per heavy atom. The molecule has 0 radical (unpaired) electrons. The summed E-state index contributed by atoms with van der Waals surface area (Å²) >= 11 is 5.92. The molecule has 27 heavy (non-hydrogen) atoms. The van der Waals surface area contributed by atoms with Gasteiger partial charge in [-0.05, 0) is 24.3 Å². The molecule has 0 saturated heterocycles. The molecular formula is C18H14ClNO6S. The van der Waals surface area contributed by atoms with E-state index in [1.807, 2.05) is 0 Å². The highest BCUT2D eigenvalue weighted by Gasteiger charge is 2.42. The highest BCUT2D eigenvalue weighted by molar-refractivity contribution is 7.89. The number of ketones is 1. The molecule has 0 atom stereocenters.